The maximum atomic E-state index is 10.8. The van der Waals surface area contributed by atoms with E-state index in [-0.39, 0.29) is 26.2 Å². The molecular weight excluding hydrogens is 224 g/mol. The SMILES string of the molecule is CCOC(=O)COCCOCCC(=O)Cl. The molecule has 0 radical (unpaired) electrons. The normalized spacial score (nSPS) is 10.0. The highest BCUT2D eigenvalue weighted by molar-refractivity contribution is 6.63. The zero-order valence-corrected chi connectivity index (χ0v) is 9.42. The molecule has 0 aromatic rings. The highest BCUT2D eigenvalue weighted by atomic mass is 35.5. The van der Waals surface area contributed by atoms with Crippen molar-refractivity contribution in [2.75, 3.05) is 33.0 Å². The lowest BCUT2D eigenvalue weighted by atomic mass is 10.5. The predicted octanol–water partition coefficient (Wildman–Crippen LogP) is 0.738. The van der Waals surface area contributed by atoms with E-state index in [2.05, 4.69) is 4.74 Å². The van der Waals surface area contributed by atoms with E-state index < -0.39 is 11.2 Å². The molecule has 0 bridgehead atoms. The van der Waals surface area contributed by atoms with Crippen LogP contribution in [0.15, 0.2) is 0 Å². The van der Waals surface area contributed by atoms with Gasteiger partial charge in [0.25, 0.3) is 0 Å². The van der Waals surface area contributed by atoms with Gasteiger partial charge in [0.15, 0.2) is 0 Å². The van der Waals surface area contributed by atoms with Gasteiger partial charge in [-0.1, -0.05) is 0 Å². The van der Waals surface area contributed by atoms with Gasteiger partial charge in [0.2, 0.25) is 5.24 Å². The van der Waals surface area contributed by atoms with Crippen LogP contribution in [0, 0.1) is 0 Å². The van der Waals surface area contributed by atoms with Crippen LogP contribution in [-0.2, 0) is 23.8 Å². The van der Waals surface area contributed by atoms with Crippen molar-refractivity contribution in [1.29, 1.82) is 0 Å². The zero-order chi connectivity index (χ0) is 11.5. The summed E-state index contributed by atoms with van der Waals surface area (Å²) in [5.74, 6) is -0.395. The molecular formula is C9H15ClO5. The fourth-order valence-electron chi connectivity index (χ4n) is 0.730. The van der Waals surface area contributed by atoms with E-state index in [4.69, 9.17) is 21.1 Å². The van der Waals surface area contributed by atoms with E-state index in [1.807, 2.05) is 0 Å². The zero-order valence-electron chi connectivity index (χ0n) is 8.66. The molecule has 0 aliphatic heterocycles. The maximum absolute atomic E-state index is 10.8. The molecule has 15 heavy (non-hydrogen) atoms. The van der Waals surface area contributed by atoms with Crippen LogP contribution in [0.3, 0.4) is 0 Å². The lowest BCUT2D eigenvalue weighted by molar-refractivity contribution is -0.148. The van der Waals surface area contributed by atoms with Crippen molar-refractivity contribution < 1.29 is 23.8 Å². The molecule has 0 spiro atoms. The first-order valence-electron chi connectivity index (χ1n) is 4.66. The van der Waals surface area contributed by atoms with Crippen molar-refractivity contribution in [3.05, 3.63) is 0 Å². The van der Waals surface area contributed by atoms with Gasteiger partial charge in [-0.25, -0.2) is 4.79 Å². The maximum Gasteiger partial charge on any atom is 0.332 e. The van der Waals surface area contributed by atoms with Gasteiger partial charge >= 0.3 is 5.97 Å². The summed E-state index contributed by atoms with van der Waals surface area (Å²) in [6.07, 6.45) is 0.180. The van der Waals surface area contributed by atoms with Crippen LogP contribution in [-0.4, -0.2) is 44.2 Å². The predicted molar refractivity (Wildman–Crippen MR) is 53.7 cm³/mol. The van der Waals surface area contributed by atoms with E-state index in [0.29, 0.717) is 13.2 Å². The van der Waals surface area contributed by atoms with Crippen molar-refractivity contribution in [2.45, 2.75) is 13.3 Å². The van der Waals surface area contributed by atoms with E-state index in [9.17, 15) is 9.59 Å². The Bertz CT molecular complexity index is 195. The number of esters is 1. The third kappa shape index (κ3) is 11.3. The summed E-state index contributed by atoms with van der Waals surface area (Å²) in [5.41, 5.74) is 0. The van der Waals surface area contributed by atoms with E-state index in [1.54, 1.807) is 6.92 Å². The summed E-state index contributed by atoms with van der Waals surface area (Å²) < 4.78 is 14.6. The van der Waals surface area contributed by atoms with Gasteiger partial charge in [-0.15, -0.1) is 0 Å². The number of hydrogen-bond acceptors (Lipinski definition) is 5. The minimum atomic E-state index is -0.428. The number of carbonyl (C=O) groups is 2. The summed E-state index contributed by atoms with van der Waals surface area (Å²) >= 11 is 5.08. The average molecular weight is 239 g/mol. The number of halogens is 1. The summed E-state index contributed by atoms with van der Waals surface area (Å²) in [7, 11) is 0. The Hall–Kier alpha value is -0.650. The second kappa shape index (κ2) is 9.89. The Balaban J connectivity index is 3.11. The number of carbonyl (C=O) groups excluding carboxylic acids is 2. The second-order valence-corrected chi connectivity index (χ2v) is 3.00. The van der Waals surface area contributed by atoms with Gasteiger partial charge in [-0.3, -0.25) is 4.79 Å². The van der Waals surface area contributed by atoms with Crippen molar-refractivity contribution >= 4 is 22.8 Å². The Morgan fingerprint density at radius 3 is 2.40 bits per heavy atom. The molecule has 0 aromatic heterocycles. The standard InChI is InChI=1S/C9H15ClO5/c1-2-15-9(12)7-14-6-5-13-4-3-8(10)11/h2-7H2,1H3. The minimum Gasteiger partial charge on any atom is -0.464 e. The van der Waals surface area contributed by atoms with Gasteiger partial charge in [0.1, 0.15) is 6.61 Å². The first kappa shape index (κ1) is 14.3. The summed E-state index contributed by atoms with van der Waals surface area (Å²) in [6, 6.07) is 0. The molecule has 0 amide bonds. The highest BCUT2D eigenvalue weighted by Crippen LogP contribution is 1.89. The third-order valence-electron chi connectivity index (χ3n) is 1.34. The van der Waals surface area contributed by atoms with Crippen LogP contribution < -0.4 is 0 Å². The van der Waals surface area contributed by atoms with Gasteiger partial charge < -0.3 is 14.2 Å². The molecule has 88 valence electrons. The second-order valence-electron chi connectivity index (χ2n) is 2.58. The molecule has 0 saturated heterocycles. The molecule has 0 fully saturated rings. The van der Waals surface area contributed by atoms with Gasteiger partial charge in [0, 0.05) is 6.42 Å². The van der Waals surface area contributed by atoms with E-state index in [0.717, 1.165) is 0 Å². The molecule has 0 unspecified atom stereocenters. The Morgan fingerprint density at radius 2 is 1.80 bits per heavy atom. The Labute approximate surface area is 93.6 Å². The fourth-order valence-corrected chi connectivity index (χ4v) is 0.808. The third-order valence-corrected chi connectivity index (χ3v) is 1.53. The van der Waals surface area contributed by atoms with Crippen LogP contribution >= 0.6 is 11.6 Å². The van der Waals surface area contributed by atoms with Crippen molar-refractivity contribution in [1.82, 2.24) is 0 Å². The van der Waals surface area contributed by atoms with Crippen molar-refractivity contribution in [3.8, 4) is 0 Å². The van der Waals surface area contributed by atoms with Gasteiger partial charge in [-0.2, -0.15) is 0 Å². The van der Waals surface area contributed by atoms with Crippen molar-refractivity contribution in [2.24, 2.45) is 0 Å². The Kier molecular flexibility index (Phi) is 9.46. The van der Waals surface area contributed by atoms with Crippen LogP contribution in [0.25, 0.3) is 0 Å². The van der Waals surface area contributed by atoms with E-state index in [1.165, 1.54) is 0 Å². The molecule has 0 aromatic carbocycles. The van der Waals surface area contributed by atoms with Crippen molar-refractivity contribution in [3.63, 3.8) is 0 Å². The van der Waals surface area contributed by atoms with E-state index >= 15 is 0 Å². The number of ether oxygens (including phenoxy) is 3. The average Bonchev–Trinajstić information content (AvgIpc) is 2.16. The number of hydrogen-bond donors (Lipinski definition) is 0. The monoisotopic (exact) mass is 238 g/mol. The summed E-state index contributed by atoms with van der Waals surface area (Å²) in [5, 5.41) is -0.428. The molecule has 0 rings (SSSR count). The quantitative estimate of drug-likeness (QED) is 0.337. The number of rotatable bonds is 9. The molecule has 0 aliphatic rings. The summed E-state index contributed by atoms with van der Waals surface area (Å²) in [4.78, 5) is 21.1. The highest BCUT2D eigenvalue weighted by Gasteiger charge is 2.00. The lowest BCUT2D eigenvalue weighted by Gasteiger charge is -2.04. The lowest BCUT2D eigenvalue weighted by Crippen LogP contribution is -2.15. The fraction of sp³-hybridized carbons (Fsp3) is 0.778. The molecule has 0 heterocycles. The molecule has 0 saturated carbocycles. The summed E-state index contributed by atoms with van der Waals surface area (Å²) in [6.45, 7) is 2.87. The van der Waals surface area contributed by atoms with Crippen LogP contribution in [0.1, 0.15) is 13.3 Å². The van der Waals surface area contributed by atoms with Gasteiger partial charge in [0.05, 0.1) is 26.4 Å². The topological polar surface area (TPSA) is 61.8 Å². The molecule has 0 aliphatic carbocycles. The van der Waals surface area contributed by atoms with Crippen LogP contribution in [0.2, 0.25) is 0 Å². The molecule has 5 nitrogen and oxygen atoms in total. The van der Waals surface area contributed by atoms with Crippen LogP contribution in [0.5, 0.6) is 0 Å². The smallest absolute Gasteiger partial charge is 0.332 e. The minimum absolute atomic E-state index is 0.0777. The Morgan fingerprint density at radius 1 is 1.13 bits per heavy atom. The van der Waals surface area contributed by atoms with Gasteiger partial charge in [-0.05, 0) is 18.5 Å². The molecule has 0 N–H and O–H groups in total. The first-order chi connectivity index (χ1) is 7.16. The molecule has 6 heteroatoms. The largest absolute Gasteiger partial charge is 0.464 e. The van der Waals surface area contributed by atoms with Crippen LogP contribution in [0.4, 0.5) is 0 Å². The molecule has 0 atom stereocenters. The first-order valence-corrected chi connectivity index (χ1v) is 5.04.